The quantitative estimate of drug-likeness (QED) is 0.341. The van der Waals surface area contributed by atoms with Crippen molar-refractivity contribution >= 4 is 22.6 Å². The Hall–Kier alpha value is -3.65. The molecule has 1 aliphatic rings. The number of anilines is 1. The normalized spacial score (nSPS) is 14.7. The molecule has 206 valence electrons. The number of hydrogen-bond donors (Lipinski definition) is 2. The van der Waals surface area contributed by atoms with E-state index in [0.717, 1.165) is 73.2 Å². The Morgan fingerprint density at radius 1 is 1.03 bits per heavy atom. The summed E-state index contributed by atoms with van der Waals surface area (Å²) in [6.07, 6.45) is 2.64. The predicted molar refractivity (Wildman–Crippen MR) is 158 cm³/mol. The molecular weight excluding hydrogens is 486 g/mol. The third-order valence-electron chi connectivity index (χ3n) is 7.64. The number of carbonyl (C=O) groups excluding carboxylic acids is 1. The van der Waals surface area contributed by atoms with Gasteiger partial charge in [0.15, 0.2) is 0 Å². The number of nitrogens with zero attached hydrogens (tertiary/aromatic N) is 5. The third-order valence-corrected chi connectivity index (χ3v) is 7.64. The second-order valence-corrected chi connectivity index (χ2v) is 11.5. The highest BCUT2D eigenvalue weighted by atomic mass is 16.1. The van der Waals surface area contributed by atoms with Crippen molar-refractivity contribution in [1.82, 2.24) is 29.7 Å². The molecule has 2 aromatic carbocycles. The molecule has 4 aromatic rings. The summed E-state index contributed by atoms with van der Waals surface area (Å²) in [5, 5.41) is 2.94. The van der Waals surface area contributed by atoms with E-state index in [0.29, 0.717) is 13.0 Å². The Bertz CT molecular complexity index is 1420. The van der Waals surface area contributed by atoms with Gasteiger partial charge in [-0.2, -0.15) is 0 Å². The van der Waals surface area contributed by atoms with Crippen LogP contribution in [0.2, 0.25) is 0 Å². The predicted octanol–water partition coefficient (Wildman–Crippen LogP) is 4.88. The van der Waals surface area contributed by atoms with Crippen LogP contribution in [-0.2, 0) is 23.3 Å². The van der Waals surface area contributed by atoms with Gasteiger partial charge in [0.05, 0.1) is 16.9 Å². The van der Waals surface area contributed by atoms with Crippen molar-refractivity contribution in [2.45, 2.75) is 59.5 Å². The Balaban J connectivity index is 1.22. The fourth-order valence-corrected chi connectivity index (χ4v) is 5.23. The minimum atomic E-state index is 0.0855. The number of fused-ring (bicyclic) bond motifs is 1. The number of rotatable bonds is 8. The summed E-state index contributed by atoms with van der Waals surface area (Å²) in [4.78, 5) is 29.8. The molecule has 0 aliphatic carbocycles. The van der Waals surface area contributed by atoms with Crippen LogP contribution in [0.25, 0.3) is 22.4 Å². The number of nitrogens with one attached hydrogen (secondary N) is 2. The van der Waals surface area contributed by atoms with Crippen molar-refractivity contribution in [1.29, 1.82) is 0 Å². The first kappa shape index (κ1) is 26.9. The molecule has 1 aliphatic heterocycles. The fourth-order valence-electron chi connectivity index (χ4n) is 5.23. The van der Waals surface area contributed by atoms with Crippen LogP contribution in [0.4, 0.5) is 5.69 Å². The highest BCUT2D eigenvalue weighted by Crippen LogP contribution is 2.30. The molecule has 1 saturated heterocycles. The van der Waals surface area contributed by atoms with E-state index in [9.17, 15) is 4.79 Å². The van der Waals surface area contributed by atoms with Crippen LogP contribution >= 0.6 is 0 Å². The summed E-state index contributed by atoms with van der Waals surface area (Å²) in [6, 6.07) is 15.2. The van der Waals surface area contributed by atoms with Crippen molar-refractivity contribution in [2.24, 2.45) is 0 Å². The molecule has 1 amide bonds. The van der Waals surface area contributed by atoms with Gasteiger partial charge in [-0.25, -0.2) is 9.97 Å². The molecule has 1 fully saturated rings. The van der Waals surface area contributed by atoms with Crippen LogP contribution in [0.5, 0.6) is 0 Å². The van der Waals surface area contributed by atoms with Crippen LogP contribution in [0.15, 0.2) is 48.7 Å². The van der Waals surface area contributed by atoms with Crippen LogP contribution in [0.1, 0.15) is 51.2 Å². The van der Waals surface area contributed by atoms with Gasteiger partial charge in [0.25, 0.3) is 0 Å². The van der Waals surface area contributed by atoms with Gasteiger partial charge in [-0.3, -0.25) is 9.69 Å². The van der Waals surface area contributed by atoms with E-state index in [1.54, 1.807) is 0 Å². The number of amides is 1. The lowest BCUT2D eigenvalue weighted by Crippen LogP contribution is -2.46. The summed E-state index contributed by atoms with van der Waals surface area (Å²) < 4.78 is 2.13. The number of aromatic nitrogens is 4. The number of aromatic amines is 1. The van der Waals surface area contributed by atoms with Gasteiger partial charge in [-0.05, 0) is 30.0 Å². The van der Waals surface area contributed by atoms with E-state index in [4.69, 9.17) is 9.97 Å². The molecule has 0 bridgehead atoms. The summed E-state index contributed by atoms with van der Waals surface area (Å²) >= 11 is 0. The van der Waals surface area contributed by atoms with Gasteiger partial charge in [-0.1, -0.05) is 58.0 Å². The van der Waals surface area contributed by atoms with Gasteiger partial charge in [0, 0.05) is 64.0 Å². The number of para-hydroxylation sites is 1. The molecule has 8 heteroatoms. The smallest absolute Gasteiger partial charge is 0.219 e. The largest absolute Gasteiger partial charge is 0.367 e. The lowest BCUT2D eigenvalue weighted by molar-refractivity contribution is -0.120. The molecule has 0 spiro atoms. The van der Waals surface area contributed by atoms with E-state index in [2.05, 4.69) is 94.1 Å². The molecule has 2 N–H and O–H groups in total. The first-order chi connectivity index (χ1) is 18.7. The average molecular weight is 528 g/mol. The maximum absolute atomic E-state index is 11.5. The van der Waals surface area contributed by atoms with Crippen LogP contribution in [-0.4, -0.2) is 63.0 Å². The molecule has 0 radical (unpaired) electrons. The number of benzene rings is 2. The first-order valence-electron chi connectivity index (χ1n) is 14.1. The van der Waals surface area contributed by atoms with E-state index < -0.39 is 0 Å². The average Bonchev–Trinajstić information content (AvgIpc) is 3.51. The van der Waals surface area contributed by atoms with Gasteiger partial charge < -0.3 is 19.8 Å². The zero-order valence-corrected chi connectivity index (χ0v) is 23.9. The highest BCUT2D eigenvalue weighted by molar-refractivity contribution is 5.91. The first-order valence-corrected chi connectivity index (χ1v) is 14.1. The Labute approximate surface area is 231 Å². The zero-order valence-electron chi connectivity index (χ0n) is 23.9. The summed E-state index contributed by atoms with van der Waals surface area (Å²) in [5.74, 6) is 1.99. The minimum absolute atomic E-state index is 0.0855. The minimum Gasteiger partial charge on any atom is -0.367 e. The van der Waals surface area contributed by atoms with E-state index >= 15 is 0 Å². The number of imidazole rings is 2. The number of H-pyrrole nitrogens is 1. The lowest BCUT2D eigenvalue weighted by atomic mass is 9.87. The number of piperazine rings is 1. The Morgan fingerprint density at radius 2 is 1.77 bits per heavy atom. The second-order valence-electron chi connectivity index (χ2n) is 11.5. The molecule has 2 aromatic heterocycles. The summed E-state index contributed by atoms with van der Waals surface area (Å²) in [7, 11) is 0. The molecule has 39 heavy (non-hydrogen) atoms. The topological polar surface area (TPSA) is 82.1 Å². The highest BCUT2D eigenvalue weighted by Gasteiger charge is 2.21. The lowest BCUT2D eigenvalue weighted by Gasteiger charge is -2.35. The maximum Gasteiger partial charge on any atom is 0.219 e. The van der Waals surface area contributed by atoms with E-state index in [1.807, 2.05) is 13.8 Å². The number of hydrogen-bond acceptors (Lipinski definition) is 5. The summed E-state index contributed by atoms with van der Waals surface area (Å²) in [6.45, 7) is 16.7. The SMILES string of the molecule is CCC(=O)NCCn1cc(CN2CCN(c3cccc4[nH]c(-c5ccc(C(C)(C)C)cc5)nc34)CC2)nc1C. The molecule has 0 atom stereocenters. The molecule has 8 nitrogen and oxygen atoms in total. The van der Waals surface area contributed by atoms with Gasteiger partial charge in [-0.15, -0.1) is 0 Å². The van der Waals surface area contributed by atoms with Crippen molar-refractivity contribution in [3.05, 3.63) is 65.7 Å². The van der Waals surface area contributed by atoms with Crippen LogP contribution < -0.4 is 10.2 Å². The Kier molecular flexibility index (Phi) is 7.75. The standard InChI is InChI=1S/C31H41N7O/c1-6-28(39)32-14-15-38-21-25(33-22(38)2)20-36-16-18-37(19-17-36)27-9-7-8-26-29(27)35-30(34-26)23-10-12-24(13-11-23)31(3,4)5/h7-13,21H,6,14-20H2,1-5H3,(H,32,39)(H,34,35). The van der Waals surface area contributed by atoms with Crippen molar-refractivity contribution < 1.29 is 4.79 Å². The van der Waals surface area contributed by atoms with Crippen molar-refractivity contribution in [3.8, 4) is 11.4 Å². The molecule has 5 rings (SSSR count). The number of aryl methyl sites for hydroxylation is 1. The van der Waals surface area contributed by atoms with Gasteiger partial charge in [0.1, 0.15) is 17.2 Å². The fraction of sp³-hybridized carbons (Fsp3) is 0.452. The molecule has 3 heterocycles. The zero-order chi connectivity index (χ0) is 27.6. The van der Waals surface area contributed by atoms with Gasteiger partial charge in [0.2, 0.25) is 5.91 Å². The number of carbonyl (C=O) groups is 1. The van der Waals surface area contributed by atoms with Crippen molar-refractivity contribution in [3.63, 3.8) is 0 Å². The van der Waals surface area contributed by atoms with E-state index in [-0.39, 0.29) is 11.3 Å². The Morgan fingerprint density at radius 3 is 2.46 bits per heavy atom. The second kappa shape index (κ2) is 11.2. The third kappa shape index (κ3) is 6.17. The maximum atomic E-state index is 11.5. The van der Waals surface area contributed by atoms with Crippen molar-refractivity contribution in [2.75, 3.05) is 37.6 Å². The molecular formula is C31H41N7O. The van der Waals surface area contributed by atoms with Crippen LogP contribution in [0.3, 0.4) is 0 Å². The van der Waals surface area contributed by atoms with E-state index in [1.165, 1.54) is 11.3 Å². The summed E-state index contributed by atoms with van der Waals surface area (Å²) in [5.41, 5.74) is 6.94. The van der Waals surface area contributed by atoms with Gasteiger partial charge >= 0.3 is 0 Å². The van der Waals surface area contributed by atoms with Crippen LogP contribution in [0, 0.1) is 6.92 Å². The molecule has 0 saturated carbocycles. The molecule has 0 unspecified atom stereocenters. The monoisotopic (exact) mass is 527 g/mol.